The van der Waals surface area contributed by atoms with Crippen LogP contribution in [-0.2, 0) is 10.8 Å². The Kier molecular flexibility index (Phi) is 3.25. The van der Waals surface area contributed by atoms with E-state index in [1.165, 1.54) is 0 Å². The second kappa shape index (κ2) is 4.07. The third-order valence-electron chi connectivity index (χ3n) is 2.86. The van der Waals surface area contributed by atoms with Gasteiger partial charge in [0.1, 0.15) is 5.75 Å². The molecule has 2 nitrogen and oxygen atoms in total. The first-order chi connectivity index (χ1) is 7.57. The normalized spacial score (nSPS) is 12.3. The smallest absolute Gasteiger partial charge is 0.340 e. The Hall–Kier alpha value is -1.49. The van der Waals surface area contributed by atoms with E-state index < -0.39 is 0 Å². The van der Waals surface area contributed by atoms with Crippen molar-refractivity contribution in [2.75, 3.05) is 0 Å². The van der Waals surface area contributed by atoms with Gasteiger partial charge in [0.05, 0.1) is 0 Å². The van der Waals surface area contributed by atoms with Crippen molar-refractivity contribution in [2.24, 2.45) is 0 Å². The summed E-state index contributed by atoms with van der Waals surface area (Å²) in [7, 11) is 0. The summed E-state index contributed by atoms with van der Waals surface area (Å²) in [5.41, 5.74) is 2.20. The lowest BCUT2D eigenvalue weighted by atomic mass is 9.79. The summed E-state index contributed by atoms with van der Waals surface area (Å²) in [6.45, 7) is 17.8. The minimum Gasteiger partial charge on any atom is -0.507 e. The van der Waals surface area contributed by atoms with E-state index in [0.717, 1.165) is 11.1 Å². The summed E-state index contributed by atoms with van der Waals surface area (Å²) in [6.07, 6.45) is 0. The molecule has 1 N–H and O–H groups in total. The molecule has 0 aliphatic carbocycles. The lowest BCUT2D eigenvalue weighted by molar-refractivity contribution is 0.423. The largest absolute Gasteiger partial charge is 0.507 e. The summed E-state index contributed by atoms with van der Waals surface area (Å²) in [6, 6.07) is 3.70. The number of phenolic OH excluding ortho intramolecular Hbond substituents is 1. The van der Waals surface area contributed by atoms with Gasteiger partial charge in [-0.2, -0.15) is 0 Å². The molecule has 0 amide bonds. The van der Waals surface area contributed by atoms with Gasteiger partial charge in [-0.15, -0.1) is 0 Å². The summed E-state index contributed by atoms with van der Waals surface area (Å²) in [4.78, 5) is 3.75. The topological polar surface area (TPSA) is 24.6 Å². The molecule has 0 unspecified atom stereocenters. The summed E-state index contributed by atoms with van der Waals surface area (Å²) < 4.78 is 0. The zero-order valence-electron chi connectivity index (χ0n) is 11.6. The van der Waals surface area contributed by atoms with Gasteiger partial charge in [0.2, 0.25) is 0 Å². The van der Waals surface area contributed by atoms with Crippen molar-refractivity contribution >= 4 is 5.69 Å². The van der Waals surface area contributed by atoms with E-state index in [9.17, 15) is 5.11 Å². The highest BCUT2D eigenvalue weighted by atomic mass is 16.3. The molecule has 0 spiro atoms. The SMILES string of the molecule is C#[N+]c1cc(C(C)(C)C)c(O)c(C(C)(C)C)c1. The van der Waals surface area contributed by atoms with Crippen LogP contribution in [-0.4, -0.2) is 5.11 Å². The van der Waals surface area contributed by atoms with Crippen LogP contribution in [0.5, 0.6) is 5.75 Å². The van der Waals surface area contributed by atoms with Crippen LogP contribution in [0, 0.1) is 6.57 Å². The van der Waals surface area contributed by atoms with Crippen molar-refractivity contribution in [3.8, 4) is 12.3 Å². The lowest BCUT2D eigenvalue weighted by Crippen LogP contribution is -2.16. The first kappa shape index (κ1) is 13.6. The molecule has 0 heterocycles. The van der Waals surface area contributed by atoms with Gasteiger partial charge in [-0.3, -0.25) is 0 Å². The molecule has 0 bridgehead atoms. The van der Waals surface area contributed by atoms with Crippen molar-refractivity contribution in [1.82, 2.24) is 0 Å². The van der Waals surface area contributed by atoms with Crippen LogP contribution >= 0.6 is 0 Å². The molecular formula is C15H22NO+. The summed E-state index contributed by atoms with van der Waals surface area (Å²) >= 11 is 0. The zero-order valence-corrected chi connectivity index (χ0v) is 11.6. The van der Waals surface area contributed by atoms with Crippen LogP contribution in [0.15, 0.2) is 12.1 Å². The van der Waals surface area contributed by atoms with Gasteiger partial charge in [-0.1, -0.05) is 41.5 Å². The number of nitrogens with zero attached hydrogens (tertiary/aromatic N) is 1. The van der Waals surface area contributed by atoms with Crippen LogP contribution in [0.25, 0.3) is 4.85 Å². The van der Waals surface area contributed by atoms with Crippen LogP contribution in [0.3, 0.4) is 0 Å². The maximum atomic E-state index is 10.4. The van der Waals surface area contributed by atoms with Gasteiger partial charge in [0.15, 0.2) is 0 Å². The molecule has 0 radical (unpaired) electrons. The maximum absolute atomic E-state index is 10.4. The third kappa shape index (κ3) is 2.79. The molecule has 0 saturated carbocycles. The Balaban J connectivity index is 3.61. The fourth-order valence-corrected chi connectivity index (χ4v) is 1.84. The van der Waals surface area contributed by atoms with E-state index in [1.807, 2.05) is 12.1 Å². The number of benzene rings is 1. The number of aromatic hydroxyl groups is 1. The molecule has 1 rings (SSSR count). The van der Waals surface area contributed by atoms with Gasteiger partial charge in [0.25, 0.3) is 6.57 Å². The molecule has 0 aromatic heterocycles. The molecule has 1 aromatic carbocycles. The fourth-order valence-electron chi connectivity index (χ4n) is 1.84. The minimum absolute atomic E-state index is 0.134. The molecule has 0 atom stereocenters. The predicted octanol–water partition coefficient (Wildman–Crippen LogP) is 4.58. The summed E-state index contributed by atoms with van der Waals surface area (Å²) in [5, 5.41) is 10.4. The number of phenols is 1. The van der Waals surface area contributed by atoms with Gasteiger partial charge >= 0.3 is 5.69 Å². The van der Waals surface area contributed by atoms with Crippen LogP contribution in [0.2, 0.25) is 0 Å². The van der Waals surface area contributed by atoms with Gasteiger partial charge < -0.3 is 5.11 Å². The quantitative estimate of drug-likeness (QED) is 0.695. The molecule has 1 aromatic rings. The minimum atomic E-state index is -0.134. The van der Waals surface area contributed by atoms with Crippen molar-refractivity contribution in [1.29, 1.82) is 0 Å². The van der Waals surface area contributed by atoms with E-state index in [1.54, 1.807) is 0 Å². The van der Waals surface area contributed by atoms with Crippen LogP contribution < -0.4 is 0 Å². The highest BCUT2D eigenvalue weighted by Gasteiger charge is 2.28. The third-order valence-corrected chi connectivity index (χ3v) is 2.86. The highest BCUT2D eigenvalue weighted by molar-refractivity contribution is 5.59. The monoisotopic (exact) mass is 232 g/mol. The molecule has 2 heteroatoms. The van der Waals surface area contributed by atoms with Crippen molar-refractivity contribution in [2.45, 2.75) is 52.4 Å². The van der Waals surface area contributed by atoms with E-state index in [-0.39, 0.29) is 10.8 Å². The number of rotatable bonds is 0. The van der Waals surface area contributed by atoms with Crippen LogP contribution in [0.1, 0.15) is 52.7 Å². The van der Waals surface area contributed by atoms with Gasteiger partial charge in [-0.05, 0) is 15.7 Å². The Bertz CT molecular complexity index is 432. The Labute approximate surface area is 104 Å². The Morgan fingerprint density at radius 2 is 1.29 bits per heavy atom. The van der Waals surface area contributed by atoms with E-state index in [2.05, 4.69) is 46.4 Å². The highest BCUT2D eigenvalue weighted by Crippen LogP contribution is 2.41. The molecule has 0 fully saturated rings. The molecular weight excluding hydrogens is 210 g/mol. The van der Waals surface area contributed by atoms with E-state index in [4.69, 9.17) is 6.57 Å². The maximum Gasteiger partial charge on any atom is 0.340 e. The van der Waals surface area contributed by atoms with E-state index in [0.29, 0.717) is 11.4 Å². The van der Waals surface area contributed by atoms with E-state index >= 15 is 0 Å². The average molecular weight is 232 g/mol. The molecule has 92 valence electrons. The molecule has 0 saturated heterocycles. The number of hydrogen-bond acceptors (Lipinski definition) is 1. The van der Waals surface area contributed by atoms with Crippen molar-refractivity contribution < 1.29 is 5.11 Å². The first-order valence-corrected chi connectivity index (χ1v) is 5.86. The molecule has 0 aliphatic rings. The van der Waals surface area contributed by atoms with Crippen LogP contribution in [0.4, 0.5) is 5.69 Å². The first-order valence-electron chi connectivity index (χ1n) is 5.86. The zero-order chi connectivity index (χ0) is 13.4. The Morgan fingerprint density at radius 1 is 0.941 bits per heavy atom. The van der Waals surface area contributed by atoms with Gasteiger partial charge in [0, 0.05) is 23.3 Å². The Morgan fingerprint density at radius 3 is 1.53 bits per heavy atom. The predicted molar refractivity (Wildman–Crippen MR) is 73.5 cm³/mol. The lowest BCUT2D eigenvalue weighted by Gasteiger charge is -2.26. The number of hydrogen-bond donors (Lipinski definition) is 1. The standard InChI is InChI=1S/C15H21NO/c1-14(2,3)11-8-10(16-7)9-12(13(11)17)15(4,5)6/h7-9H,1-6H3/p+1. The van der Waals surface area contributed by atoms with Gasteiger partial charge in [-0.25, -0.2) is 0 Å². The fraction of sp³-hybridized carbons (Fsp3) is 0.533. The average Bonchev–Trinajstić information content (AvgIpc) is 2.14. The molecule has 17 heavy (non-hydrogen) atoms. The molecule has 0 aliphatic heterocycles. The summed E-state index contributed by atoms with van der Waals surface area (Å²) in [5.74, 6) is 0.359. The second-order valence-corrected chi connectivity index (χ2v) is 6.52. The van der Waals surface area contributed by atoms with Crippen molar-refractivity contribution in [3.05, 3.63) is 28.1 Å². The second-order valence-electron chi connectivity index (χ2n) is 6.52. The van der Waals surface area contributed by atoms with Crippen molar-refractivity contribution in [3.63, 3.8) is 0 Å².